The van der Waals surface area contributed by atoms with Crippen LogP contribution >= 0.6 is 0 Å². The van der Waals surface area contributed by atoms with Crippen LogP contribution in [0.3, 0.4) is 0 Å². The fourth-order valence-electron chi connectivity index (χ4n) is 4.04. The van der Waals surface area contributed by atoms with Crippen molar-refractivity contribution < 1.29 is 14.3 Å². The first-order valence-electron chi connectivity index (χ1n) is 10.8. The summed E-state index contributed by atoms with van der Waals surface area (Å²) in [5.74, 6) is 1.40. The Kier molecular flexibility index (Phi) is 9.32. The monoisotopic (exact) mass is 388 g/mol. The lowest BCUT2D eigenvalue weighted by Crippen LogP contribution is -2.40. The fraction of sp³-hybridized carbons (Fsp3) is 0.652. The zero-order valence-electron chi connectivity index (χ0n) is 17.7. The summed E-state index contributed by atoms with van der Waals surface area (Å²) < 4.78 is 5.24. The van der Waals surface area contributed by atoms with Crippen LogP contribution in [0.4, 0.5) is 0 Å². The number of hydrogen-bond acceptors (Lipinski definition) is 3. The molecule has 1 N–H and O–H groups in total. The van der Waals surface area contributed by atoms with Crippen LogP contribution in [-0.4, -0.2) is 43.5 Å². The number of nitrogens with one attached hydrogen (secondary N) is 1. The van der Waals surface area contributed by atoms with Crippen molar-refractivity contribution >= 4 is 11.8 Å². The molecule has 0 aliphatic heterocycles. The van der Waals surface area contributed by atoms with Crippen LogP contribution in [0, 0.1) is 11.8 Å². The molecule has 0 bridgehead atoms. The van der Waals surface area contributed by atoms with Gasteiger partial charge in [-0.2, -0.15) is 0 Å². The second-order valence-corrected chi connectivity index (χ2v) is 7.77. The molecule has 5 heteroatoms. The molecular formula is C23H36N2O3. The zero-order chi connectivity index (χ0) is 20.4. The Balaban J connectivity index is 1.74. The molecule has 1 fully saturated rings. The van der Waals surface area contributed by atoms with Crippen molar-refractivity contribution in [2.45, 2.75) is 58.8 Å². The van der Waals surface area contributed by atoms with E-state index in [1.54, 1.807) is 7.11 Å². The van der Waals surface area contributed by atoms with Gasteiger partial charge in [-0.05, 0) is 62.6 Å². The van der Waals surface area contributed by atoms with E-state index in [-0.39, 0.29) is 17.7 Å². The molecule has 0 aromatic heterocycles. The summed E-state index contributed by atoms with van der Waals surface area (Å²) in [5.41, 5.74) is 1.15. The van der Waals surface area contributed by atoms with Crippen molar-refractivity contribution in [3.8, 4) is 5.75 Å². The maximum absolute atomic E-state index is 12.8. The first kappa shape index (κ1) is 22.3. The second-order valence-electron chi connectivity index (χ2n) is 7.77. The van der Waals surface area contributed by atoms with Gasteiger partial charge in [0.1, 0.15) is 5.75 Å². The van der Waals surface area contributed by atoms with Crippen molar-refractivity contribution in [1.82, 2.24) is 10.2 Å². The van der Waals surface area contributed by atoms with Crippen LogP contribution in [0.5, 0.6) is 5.75 Å². The van der Waals surface area contributed by atoms with E-state index >= 15 is 0 Å². The van der Waals surface area contributed by atoms with Crippen molar-refractivity contribution in [1.29, 1.82) is 0 Å². The Morgan fingerprint density at radius 2 is 1.71 bits per heavy atom. The SMILES string of the molecule is CCCN(CCC)C(=O)C1CCC(C(=O)NCCc2cccc(OC)c2)CC1. The van der Waals surface area contributed by atoms with Crippen LogP contribution in [0.2, 0.25) is 0 Å². The average molecular weight is 389 g/mol. The van der Waals surface area contributed by atoms with E-state index in [9.17, 15) is 9.59 Å². The van der Waals surface area contributed by atoms with E-state index in [0.29, 0.717) is 12.5 Å². The predicted octanol–water partition coefficient (Wildman–Crippen LogP) is 3.81. The summed E-state index contributed by atoms with van der Waals surface area (Å²) in [7, 11) is 1.66. The molecule has 1 aromatic carbocycles. The van der Waals surface area contributed by atoms with Crippen LogP contribution < -0.4 is 10.1 Å². The minimum absolute atomic E-state index is 0.0418. The number of benzene rings is 1. The van der Waals surface area contributed by atoms with Gasteiger partial charge in [-0.25, -0.2) is 0 Å². The van der Waals surface area contributed by atoms with E-state index in [0.717, 1.165) is 69.3 Å². The average Bonchev–Trinajstić information content (AvgIpc) is 2.73. The van der Waals surface area contributed by atoms with Crippen LogP contribution in [0.1, 0.15) is 57.9 Å². The fourth-order valence-corrected chi connectivity index (χ4v) is 4.04. The smallest absolute Gasteiger partial charge is 0.225 e. The van der Waals surface area contributed by atoms with Gasteiger partial charge in [0.2, 0.25) is 11.8 Å². The molecule has 2 amide bonds. The number of carbonyl (C=O) groups is 2. The van der Waals surface area contributed by atoms with Gasteiger partial charge in [0.25, 0.3) is 0 Å². The van der Waals surface area contributed by atoms with Gasteiger partial charge in [0, 0.05) is 31.5 Å². The largest absolute Gasteiger partial charge is 0.497 e. The maximum atomic E-state index is 12.8. The quantitative estimate of drug-likeness (QED) is 0.663. The topological polar surface area (TPSA) is 58.6 Å². The molecule has 0 spiro atoms. The molecule has 0 radical (unpaired) electrons. The highest BCUT2D eigenvalue weighted by atomic mass is 16.5. The van der Waals surface area contributed by atoms with Crippen LogP contribution in [-0.2, 0) is 16.0 Å². The van der Waals surface area contributed by atoms with Crippen molar-refractivity contribution in [2.24, 2.45) is 11.8 Å². The summed E-state index contributed by atoms with van der Waals surface area (Å²) in [6.07, 6.45) is 6.07. The van der Waals surface area contributed by atoms with Crippen molar-refractivity contribution in [2.75, 3.05) is 26.7 Å². The second kappa shape index (κ2) is 11.7. The molecule has 0 heterocycles. The summed E-state index contributed by atoms with van der Waals surface area (Å²) >= 11 is 0. The lowest BCUT2D eigenvalue weighted by molar-refractivity contribution is -0.138. The van der Waals surface area contributed by atoms with E-state index < -0.39 is 0 Å². The molecule has 1 aliphatic rings. The number of methoxy groups -OCH3 is 1. The first-order chi connectivity index (χ1) is 13.6. The molecule has 0 atom stereocenters. The molecular weight excluding hydrogens is 352 g/mol. The number of carbonyl (C=O) groups excluding carboxylic acids is 2. The standard InChI is InChI=1S/C23H36N2O3/c1-4-15-25(16-5-2)23(27)20-11-9-19(10-12-20)22(26)24-14-13-18-7-6-8-21(17-18)28-3/h6-8,17,19-20H,4-5,9-16H2,1-3H3,(H,24,26). The first-order valence-corrected chi connectivity index (χ1v) is 10.8. The summed E-state index contributed by atoms with van der Waals surface area (Å²) in [5, 5.41) is 3.07. The van der Waals surface area contributed by atoms with Gasteiger partial charge in [-0.1, -0.05) is 26.0 Å². The molecule has 2 rings (SSSR count). The van der Waals surface area contributed by atoms with E-state index in [1.165, 1.54) is 0 Å². The highest BCUT2D eigenvalue weighted by molar-refractivity contribution is 5.81. The number of amides is 2. The number of nitrogens with zero attached hydrogens (tertiary/aromatic N) is 1. The third-order valence-electron chi connectivity index (χ3n) is 5.59. The highest BCUT2D eigenvalue weighted by Crippen LogP contribution is 2.30. The molecule has 1 aromatic rings. The molecule has 5 nitrogen and oxygen atoms in total. The van der Waals surface area contributed by atoms with Gasteiger partial charge in [-0.15, -0.1) is 0 Å². The van der Waals surface area contributed by atoms with Gasteiger partial charge >= 0.3 is 0 Å². The normalized spacial score (nSPS) is 19.1. The summed E-state index contributed by atoms with van der Waals surface area (Å²) in [6, 6.07) is 7.93. The third kappa shape index (κ3) is 6.54. The van der Waals surface area contributed by atoms with Gasteiger partial charge in [-0.3, -0.25) is 9.59 Å². The number of rotatable bonds is 10. The Morgan fingerprint density at radius 3 is 2.32 bits per heavy atom. The Bertz CT molecular complexity index is 618. The maximum Gasteiger partial charge on any atom is 0.225 e. The lowest BCUT2D eigenvalue weighted by atomic mass is 9.81. The molecule has 0 unspecified atom stereocenters. The Morgan fingerprint density at radius 1 is 1.07 bits per heavy atom. The van der Waals surface area contributed by atoms with E-state index in [4.69, 9.17) is 4.74 Å². The Hall–Kier alpha value is -2.04. The van der Waals surface area contributed by atoms with Gasteiger partial charge < -0.3 is 15.0 Å². The molecule has 1 aliphatic carbocycles. The summed E-state index contributed by atoms with van der Waals surface area (Å²) in [6.45, 7) is 6.55. The minimum Gasteiger partial charge on any atom is -0.497 e. The van der Waals surface area contributed by atoms with Crippen LogP contribution in [0.25, 0.3) is 0 Å². The zero-order valence-corrected chi connectivity index (χ0v) is 17.7. The minimum atomic E-state index is 0.0418. The molecule has 156 valence electrons. The number of hydrogen-bond donors (Lipinski definition) is 1. The molecule has 1 saturated carbocycles. The predicted molar refractivity (Wildman–Crippen MR) is 112 cm³/mol. The number of ether oxygens (including phenoxy) is 1. The molecule has 28 heavy (non-hydrogen) atoms. The van der Waals surface area contributed by atoms with E-state index in [2.05, 4.69) is 19.2 Å². The lowest BCUT2D eigenvalue weighted by Gasteiger charge is -2.31. The van der Waals surface area contributed by atoms with E-state index in [1.807, 2.05) is 29.2 Å². The van der Waals surface area contributed by atoms with Gasteiger partial charge in [0.15, 0.2) is 0 Å². The third-order valence-corrected chi connectivity index (χ3v) is 5.59. The Labute approximate surface area is 169 Å². The summed E-state index contributed by atoms with van der Waals surface area (Å²) in [4.78, 5) is 27.3. The van der Waals surface area contributed by atoms with Gasteiger partial charge in [0.05, 0.1) is 7.11 Å². The van der Waals surface area contributed by atoms with Crippen molar-refractivity contribution in [3.63, 3.8) is 0 Å². The van der Waals surface area contributed by atoms with Crippen LogP contribution in [0.15, 0.2) is 24.3 Å². The van der Waals surface area contributed by atoms with Crippen molar-refractivity contribution in [3.05, 3.63) is 29.8 Å². The highest BCUT2D eigenvalue weighted by Gasteiger charge is 2.31. The molecule has 0 saturated heterocycles.